The zero-order valence-electron chi connectivity index (χ0n) is 28.6. The number of hydrogen-bond donors (Lipinski definition) is 1. The van der Waals surface area contributed by atoms with E-state index in [0.717, 1.165) is 51.4 Å². The number of quaternary nitrogens is 1. The molecule has 0 aromatic rings. The van der Waals surface area contributed by atoms with Crippen molar-refractivity contribution >= 4 is 17.9 Å². The van der Waals surface area contributed by atoms with Gasteiger partial charge in [0.15, 0.2) is 12.1 Å². The van der Waals surface area contributed by atoms with E-state index in [0.29, 0.717) is 19.3 Å². The van der Waals surface area contributed by atoms with Crippen molar-refractivity contribution in [2.45, 2.75) is 135 Å². The number of hydrogen-bond acceptors (Lipinski definition) is 6. The number of nitrogens with zero attached hydrogens (tertiary/aromatic N) is 1. The first-order valence-electron chi connectivity index (χ1n) is 17.0. The Bertz CT molecular complexity index is 829. The minimum atomic E-state index is -0.884. The maximum atomic E-state index is 12.5. The van der Waals surface area contributed by atoms with E-state index < -0.39 is 18.1 Å². The summed E-state index contributed by atoms with van der Waals surface area (Å²) in [5.74, 6) is -1.53. The molecule has 2 unspecified atom stereocenters. The molecular formula is C36H64NO7+. The van der Waals surface area contributed by atoms with Gasteiger partial charge >= 0.3 is 17.9 Å². The average Bonchev–Trinajstić information content (AvgIpc) is 2.96. The Morgan fingerprint density at radius 3 is 1.89 bits per heavy atom. The topological polar surface area (TPSA) is 99.1 Å². The van der Waals surface area contributed by atoms with Gasteiger partial charge < -0.3 is 23.8 Å². The molecule has 0 spiro atoms. The summed E-state index contributed by atoms with van der Waals surface area (Å²) in [7, 11) is 5.49. The third kappa shape index (κ3) is 26.0. The summed E-state index contributed by atoms with van der Waals surface area (Å²) in [4.78, 5) is 36.5. The van der Waals surface area contributed by atoms with Crippen LogP contribution in [0.5, 0.6) is 0 Å². The monoisotopic (exact) mass is 622 g/mol. The van der Waals surface area contributed by atoms with Crippen LogP contribution in [0.2, 0.25) is 0 Å². The molecule has 0 saturated heterocycles. The molecule has 0 saturated carbocycles. The van der Waals surface area contributed by atoms with E-state index in [4.69, 9.17) is 14.2 Å². The summed E-state index contributed by atoms with van der Waals surface area (Å²) in [5.41, 5.74) is 0. The Labute approximate surface area is 268 Å². The summed E-state index contributed by atoms with van der Waals surface area (Å²) >= 11 is 0. The van der Waals surface area contributed by atoms with Crippen molar-refractivity contribution in [1.29, 1.82) is 0 Å². The van der Waals surface area contributed by atoms with Gasteiger partial charge in [-0.15, -0.1) is 0 Å². The van der Waals surface area contributed by atoms with Crippen LogP contribution in [0.15, 0.2) is 36.5 Å². The standard InChI is InChI=1S/C36H63NO7/c1-6-8-10-12-14-16-17-18-19-21-23-25-27-35(39)44-32(30-42-29-28-33(36(40)41)37(3,4)5)31-43-34(38)26-24-22-20-15-13-11-9-7-2/h8,10,14,16,18-19,32-33H,6-7,9,11-13,15,17,20-31H2,1-5H3/p+1/b10-8+,16-14+,19-18+. The van der Waals surface area contributed by atoms with Crippen LogP contribution in [0.1, 0.15) is 123 Å². The molecule has 0 rings (SSSR count). The molecule has 2 atom stereocenters. The molecule has 0 aliphatic rings. The highest BCUT2D eigenvalue weighted by Crippen LogP contribution is 2.12. The van der Waals surface area contributed by atoms with Gasteiger partial charge in [-0.3, -0.25) is 9.59 Å². The van der Waals surface area contributed by atoms with Crippen molar-refractivity contribution in [3.05, 3.63) is 36.5 Å². The normalized spacial score (nSPS) is 13.6. The van der Waals surface area contributed by atoms with Crippen LogP contribution < -0.4 is 0 Å². The Balaban J connectivity index is 4.56. The fourth-order valence-corrected chi connectivity index (χ4v) is 4.63. The SMILES string of the molecule is CC/C=C/C/C=C/C/C=C/CCCCC(=O)OC(COCCC(C(=O)O)[N+](C)(C)C)COC(=O)CCCCCCCCCC. The van der Waals surface area contributed by atoms with Crippen molar-refractivity contribution in [1.82, 2.24) is 0 Å². The van der Waals surface area contributed by atoms with E-state index in [1.54, 1.807) is 0 Å². The van der Waals surface area contributed by atoms with Gasteiger partial charge in [0.2, 0.25) is 0 Å². The molecule has 0 bridgehead atoms. The molecule has 0 aromatic carbocycles. The number of carbonyl (C=O) groups is 3. The van der Waals surface area contributed by atoms with Crippen LogP contribution >= 0.6 is 0 Å². The lowest BCUT2D eigenvalue weighted by atomic mass is 10.1. The molecule has 0 amide bonds. The quantitative estimate of drug-likeness (QED) is 0.0391. The minimum absolute atomic E-state index is 0.0464. The first kappa shape index (κ1) is 41.5. The minimum Gasteiger partial charge on any atom is -0.477 e. The fourth-order valence-electron chi connectivity index (χ4n) is 4.63. The molecule has 0 fully saturated rings. The van der Waals surface area contributed by atoms with Crippen LogP contribution in [0.3, 0.4) is 0 Å². The summed E-state index contributed by atoms with van der Waals surface area (Å²) in [5, 5.41) is 9.54. The number of carboxylic acid groups (broad SMARTS) is 1. The van der Waals surface area contributed by atoms with E-state index in [1.165, 1.54) is 32.1 Å². The lowest BCUT2D eigenvalue weighted by Gasteiger charge is -2.31. The van der Waals surface area contributed by atoms with Crippen LogP contribution in [-0.4, -0.2) is 80.6 Å². The fraction of sp³-hybridized carbons (Fsp3) is 0.750. The predicted octanol–water partition coefficient (Wildman–Crippen LogP) is 7.96. The van der Waals surface area contributed by atoms with Gasteiger partial charge in [0.1, 0.15) is 6.61 Å². The maximum absolute atomic E-state index is 12.5. The molecule has 8 heteroatoms. The van der Waals surface area contributed by atoms with E-state index in [-0.39, 0.29) is 42.7 Å². The second-order valence-corrected chi connectivity index (χ2v) is 12.4. The highest BCUT2D eigenvalue weighted by atomic mass is 16.6. The van der Waals surface area contributed by atoms with E-state index in [1.807, 2.05) is 21.1 Å². The smallest absolute Gasteiger partial charge is 0.362 e. The molecule has 0 heterocycles. The largest absolute Gasteiger partial charge is 0.477 e. The first-order chi connectivity index (χ1) is 21.1. The van der Waals surface area contributed by atoms with Crippen LogP contribution in [-0.2, 0) is 28.6 Å². The molecular weight excluding hydrogens is 558 g/mol. The van der Waals surface area contributed by atoms with Crippen molar-refractivity contribution < 1.29 is 38.2 Å². The molecule has 0 aromatic heterocycles. The molecule has 0 aliphatic heterocycles. The Morgan fingerprint density at radius 1 is 0.705 bits per heavy atom. The molecule has 254 valence electrons. The van der Waals surface area contributed by atoms with E-state index >= 15 is 0 Å². The van der Waals surface area contributed by atoms with Gasteiger partial charge in [-0.1, -0.05) is 95.2 Å². The second-order valence-electron chi connectivity index (χ2n) is 12.4. The summed E-state index contributed by atoms with van der Waals surface area (Å²) in [6.07, 6.45) is 27.7. The number of carbonyl (C=O) groups excluding carboxylic acids is 2. The lowest BCUT2D eigenvalue weighted by molar-refractivity contribution is -0.887. The number of ether oxygens (including phenoxy) is 3. The van der Waals surface area contributed by atoms with E-state index in [9.17, 15) is 19.5 Å². The van der Waals surface area contributed by atoms with Gasteiger partial charge in [-0.05, 0) is 44.9 Å². The van der Waals surface area contributed by atoms with Crippen LogP contribution in [0.4, 0.5) is 0 Å². The average molecular weight is 623 g/mol. The van der Waals surface area contributed by atoms with E-state index in [2.05, 4.69) is 50.3 Å². The van der Waals surface area contributed by atoms with Gasteiger partial charge in [-0.25, -0.2) is 4.79 Å². The molecule has 0 radical (unpaired) electrons. The maximum Gasteiger partial charge on any atom is 0.362 e. The lowest BCUT2D eigenvalue weighted by Crippen LogP contribution is -2.50. The Kier molecular flexibility index (Phi) is 26.5. The van der Waals surface area contributed by atoms with Gasteiger partial charge in [-0.2, -0.15) is 0 Å². The van der Waals surface area contributed by atoms with Crippen molar-refractivity contribution in [3.63, 3.8) is 0 Å². The third-order valence-electron chi connectivity index (χ3n) is 7.30. The zero-order chi connectivity index (χ0) is 32.9. The van der Waals surface area contributed by atoms with Crippen molar-refractivity contribution in [2.24, 2.45) is 0 Å². The first-order valence-corrected chi connectivity index (χ1v) is 17.0. The highest BCUT2D eigenvalue weighted by molar-refractivity contribution is 5.72. The van der Waals surface area contributed by atoms with Crippen molar-refractivity contribution in [2.75, 3.05) is 41.0 Å². The predicted molar refractivity (Wildman–Crippen MR) is 178 cm³/mol. The summed E-state index contributed by atoms with van der Waals surface area (Å²) in [6.45, 7) is 4.51. The Morgan fingerprint density at radius 2 is 1.27 bits per heavy atom. The van der Waals surface area contributed by atoms with Gasteiger partial charge in [0.25, 0.3) is 0 Å². The summed E-state index contributed by atoms with van der Waals surface area (Å²) < 4.78 is 17.0. The number of unbranched alkanes of at least 4 members (excludes halogenated alkanes) is 9. The van der Waals surface area contributed by atoms with Gasteiger partial charge in [0, 0.05) is 19.3 Å². The number of likely N-dealkylation sites (N-methyl/N-ethyl adjacent to an activating group) is 1. The number of aliphatic carboxylic acids is 1. The zero-order valence-corrected chi connectivity index (χ0v) is 28.6. The molecule has 0 aliphatic carbocycles. The number of rotatable bonds is 29. The summed E-state index contributed by atoms with van der Waals surface area (Å²) in [6, 6.07) is -0.617. The molecule has 1 N–H and O–H groups in total. The third-order valence-corrected chi connectivity index (χ3v) is 7.30. The second kappa shape index (κ2) is 28.1. The van der Waals surface area contributed by atoms with Crippen LogP contribution in [0.25, 0.3) is 0 Å². The molecule has 44 heavy (non-hydrogen) atoms. The number of carboxylic acids is 1. The van der Waals surface area contributed by atoms with Gasteiger partial charge in [0.05, 0.1) is 34.4 Å². The Hall–Kier alpha value is -2.45. The number of esters is 2. The van der Waals surface area contributed by atoms with Crippen LogP contribution in [0, 0.1) is 0 Å². The van der Waals surface area contributed by atoms with Crippen molar-refractivity contribution in [3.8, 4) is 0 Å². The molecule has 8 nitrogen and oxygen atoms in total. The highest BCUT2D eigenvalue weighted by Gasteiger charge is 2.31. The number of allylic oxidation sites excluding steroid dienone is 6.